The first kappa shape index (κ1) is 61.1. The Labute approximate surface area is 355 Å². The fourth-order valence-corrected chi connectivity index (χ4v) is 5.72. The molecule has 0 atom stereocenters. The molecule has 0 fully saturated rings. The topological polar surface area (TPSA) is 89.4 Å². The normalized spacial score (nSPS) is 13.4. The summed E-state index contributed by atoms with van der Waals surface area (Å²) in [7, 11) is -21.9. The van der Waals surface area contributed by atoms with E-state index in [4.69, 9.17) is 32.0 Å². The van der Waals surface area contributed by atoms with Gasteiger partial charge in [0.25, 0.3) is 0 Å². The SMILES string of the molecule is CCOP(=O)(OCC)OCC.CCOP(OCC)OCC.CO[n+]1ccc(-c2ccccc2)cc1.C[n+]1ccc(-c2ccccc2)cc1.F[P-](F)(F)(F)(F)F.F[P-](F)(F)(F)(F)F. The van der Waals surface area contributed by atoms with Crippen LogP contribution in [0, 0.1) is 0 Å². The molecule has 0 bridgehead atoms. The van der Waals surface area contributed by atoms with Crippen molar-refractivity contribution in [2.24, 2.45) is 7.05 Å². The third-order valence-electron chi connectivity index (χ3n) is 5.77. The van der Waals surface area contributed by atoms with Gasteiger partial charge in [-0.2, -0.15) is 0 Å². The fourth-order valence-electron chi connectivity index (χ4n) is 3.70. The first-order valence-corrected chi connectivity index (χ1v) is 24.8. The van der Waals surface area contributed by atoms with Crippen molar-refractivity contribution in [3.8, 4) is 22.3 Å². The minimum absolute atomic E-state index is 0.331. The molecule has 4 rings (SSSR count). The molecule has 360 valence electrons. The van der Waals surface area contributed by atoms with Crippen LogP contribution in [0.3, 0.4) is 0 Å². The number of nitrogens with zero attached hydrogens (tertiary/aromatic N) is 2. The van der Waals surface area contributed by atoms with Crippen LogP contribution >= 0.6 is 32.0 Å². The molecule has 0 spiro atoms. The fraction of sp³-hybridized carbons (Fsp3) is 0.389. The molecular formula is C36H54F12N2O8P4. The second kappa shape index (κ2) is 26.1. The summed E-state index contributed by atoms with van der Waals surface area (Å²) in [5, 5.41) is 0. The number of pyridine rings is 2. The third kappa shape index (κ3) is 43.6. The predicted molar refractivity (Wildman–Crippen MR) is 219 cm³/mol. The average molecular weight is 995 g/mol. The standard InChI is InChI=1S/C12H12NO.C12H12N.C6H15O4P.C6H15O3P.2F6P/c1-14-13-9-7-12(8-10-13)11-5-3-2-4-6-11;1-13-9-7-12(8-10-13)11-5-3-2-4-6-11;1-4-8-11(7,9-5-2)10-6-3;1-4-7-10(8-5-2)9-6-3;2*1-7(2,3,4,5)6/h2-10H,1H3;2-10H,1H3;4-6H2,1-3H3;4-6H2,1-3H3;;/q2*+1;;;2*-1. The number of phosphoric ester groups is 1. The minimum atomic E-state index is -10.7. The van der Waals surface area contributed by atoms with Crippen LogP contribution in [0.15, 0.2) is 110 Å². The Hall–Kier alpha value is -3.02. The van der Waals surface area contributed by atoms with E-state index in [0.29, 0.717) is 39.6 Å². The van der Waals surface area contributed by atoms with Crippen LogP contribution in [0.5, 0.6) is 0 Å². The number of hydrogen-bond acceptors (Lipinski definition) is 8. The summed E-state index contributed by atoms with van der Waals surface area (Å²) in [5.41, 5.74) is 4.94. The van der Waals surface area contributed by atoms with Gasteiger partial charge in [0.15, 0.2) is 12.4 Å². The Morgan fingerprint density at radius 3 is 0.968 bits per heavy atom. The van der Waals surface area contributed by atoms with E-state index in [9.17, 15) is 54.9 Å². The van der Waals surface area contributed by atoms with Crippen molar-refractivity contribution in [2.45, 2.75) is 41.5 Å². The number of aryl methyl sites for hydroxylation is 1. The van der Waals surface area contributed by atoms with Crippen LogP contribution in [0.25, 0.3) is 22.3 Å². The Morgan fingerprint density at radius 1 is 0.468 bits per heavy atom. The number of hydrogen-bond donors (Lipinski definition) is 0. The molecule has 0 unspecified atom stereocenters. The Kier molecular flexibility index (Phi) is 25.7. The van der Waals surface area contributed by atoms with Gasteiger partial charge in [0.05, 0.1) is 39.6 Å². The first-order valence-electron chi connectivity index (χ1n) is 18.2. The number of rotatable bonds is 15. The monoisotopic (exact) mass is 994 g/mol. The summed E-state index contributed by atoms with van der Waals surface area (Å²) >= 11 is 0. The quantitative estimate of drug-likeness (QED) is 0.0661. The molecule has 2 heterocycles. The van der Waals surface area contributed by atoms with Gasteiger partial charge >= 0.3 is 82.4 Å². The van der Waals surface area contributed by atoms with Crippen molar-refractivity contribution in [3.63, 3.8) is 0 Å². The van der Waals surface area contributed by atoms with Crippen molar-refractivity contribution in [1.29, 1.82) is 0 Å². The van der Waals surface area contributed by atoms with Gasteiger partial charge in [0, 0.05) is 29.0 Å². The molecule has 0 saturated carbocycles. The molecule has 0 aliphatic carbocycles. The van der Waals surface area contributed by atoms with Gasteiger partial charge in [-0.25, -0.2) is 9.13 Å². The number of aromatic nitrogens is 2. The zero-order chi connectivity index (χ0) is 48.3. The molecule has 2 aromatic heterocycles. The molecule has 0 N–H and O–H groups in total. The molecule has 0 saturated heterocycles. The van der Waals surface area contributed by atoms with E-state index in [1.807, 2.05) is 81.2 Å². The van der Waals surface area contributed by atoms with Crippen LogP contribution < -0.4 is 14.1 Å². The Morgan fingerprint density at radius 2 is 0.726 bits per heavy atom. The van der Waals surface area contributed by atoms with Crippen LogP contribution in [0.4, 0.5) is 50.4 Å². The Balaban J connectivity index is 0. The number of phosphoric acid groups is 1. The first-order chi connectivity index (χ1) is 28.2. The molecule has 0 aliphatic heterocycles. The summed E-state index contributed by atoms with van der Waals surface area (Å²) < 4.78 is 163. The predicted octanol–water partition coefficient (Wildman–Crippen LogP) is 15.2. The molecular weight excluding hydrogens is 940 g/mol. The zero-order valence-electron chi connectivity index (χ0n) is 35.1. The van der Waals surface area contributed by atoms with Gasteiger partial charge in [-0.05, 0) is 63.8 Å². The zero-order valence-corrected chi connectivity index (χ0v) is 38.7. The van der Waals surface area contributed by atoms with Crippen molar-refractivity contribution < 1.29 is 96.2 Å². The summed E-state index contributed by atoms with van der Waals surface area (Å²) in [5.74, 6) is 0. The van der Waals surface area contributed by atoms with E-state index in [2.05, 4.69) is 60.9 Å². The van der Waals surface area contributed by atoms with Crippen molar-refractivity contribution >= 4 is 32.0 Å². The van der Waals surface area contributed by atoms with E-state index < -0.39 is 32.0 Å². The van der Waals surface area contributed by atoms with Crippen molar-refractivity contribution in [2.75, 3.05) is 46.8 Å². The van der Waals surface area contributed by atoms with Gasteiger partial charge < -0.3 is 13.6 Å². The van der Waals surface area contributed by atoms with Crippen LogP contribution in [0.2, 0.25) is 0 Å². The second-order valence-electron chi connectivity index (χ2n) is 11.2. The van der Waals surface area contributed by atoms with E-state index in [1.165, 1.54) is 22.3 Å². The molecule has 10 nitrogen and oxygen atoms in total. The molecule has 26 heteroatoms. The van der Waals surface area contributed by atoms with E-state index in [-0.39, 0.29) is 0 Å². The summed E-state index contributed by atoms with van der Waals surface area (Å²) in [6.07, 6.45) is 7.90. The molecule has 2 aromatic carbocycles. The van der Waals surface area contributed by atoms with Crippen molar-refractivity contribution in [3.05, 3.63) is 110 Å². The van der Waals surface area contributed by atoms with E-state index in [1.54, 1.807) is 32.6 Å². The number of benzene rings is 2. The molecule has 4 aromatic rings. The number of halogens is 12. The summed E-state index contributed by atoms with van der Waals surface area (Å²) in [4.78, 5) is 5.02. The molecule has 0 radical (unpaired) electrons. The van der Waals surface area contributed by atoms with E-state index in [0.717, 1.165) is 0 Å². The molecule has 0 amide bonds. The summed E-state index contributed by atoms with van der Waals surface area (Å²) in [6.45, 7) is 13.9. The third-order valence-corrected chi connectivity index (χ3v) is 8.90. The van der Waals surface area contributed by atoms with Crippen LogP contribution in [-0.2, 0) is 38.8 Å². The van der Waals surface area contributed by atoms with Gasteiger partial charge in [-0.3, -0.25) is 18.4 Å². The Bertz CT molecular complexity index is 1740. The van der Waals surface area contributed by atoms with Gasteiger partial charge in [0.1, 0.15) is 14.2 Å². The van der Waals surface area contributed by atoms with E-state index >= 15 is 0 Å². The maximum absolute atomic E-state index is 11.3. The molecule has 0 aliphatic rings. The average Bonchev–Trinajstić information content (AvgIpc) is 3.15. The molecule has 62 heavy (non-hydrogen) atoms. The van der Waals surface area contributed by atoms with Crippen LogP contribution in [-0.4, -0.2) is 46.8 Å². The maximum atomic E-state index is 11.3. The van der Waals surface area contributed by atoms with Crippen molar-refractivity contribution in [1.82, 2.24) is 0 Å². The van der Waals surface area contributed by atoms with Gasteiger partial charge in [-0.15, -0.1) is 0 Å². The van der Waals surface area contributed by atoms with Crippen LogP contribution in [0.1, 0.15) is 41.5 Å². The van der Waals surface area contributed by atoms with Gasteiger partial charge in [-0.1, -0.05) is 60.7 Å². The van der Waals surface area contributed by atoms with Gasteiger partial charge in [0.2, 0.25) is 12.4 Å². The second-order valence-corrected chi connectivity index (χ2v) is 17.9. The summed E-state index contributed by atoms with van der Waals surface area (Å²) in [6, 6.07) is 28.9.